The Labute approximate surface area is 110 Å². The molecule has 0 aliphatic carbocycles. The van der Waals surface area contributed by atoms with E-state index >= 15 is 0 Å². The van der Waals surface area contributed by atoms with Crippen LogP contribution in [0.2, 0.25) is 0 Å². The molecule has 0 aliphatic heterocycles. The second kappa shape index (κ2) is 5.10. The summed E-state index contributed by atoms with van der Waals surface area (Å²) in [7, 11) is 0. The van der Waals surface area contributed by atoms with E-state index in [9.17, 15) is 8.78 Å². The van der Waals surface area contributed by atoms with Crippen LogP contribution >= 0.6 is 15.9 Å². The van der Waals surface area contributed by atoms with Gasteiger partial charge in [-0.1, -0.05) is 0 Å². The fraction of sp³-hybridized carbons (Fsp3) is 0. The normalized spacial score (nSPS) is 9.89. The largest absolute Gasteiger partial charge is 0.337 e. The monoisotopic (exact) mass is 309 g/mol. The molecule has 1 aromatic carbocycles. The Morgan fingerprint density at radius 1 is 1.28 bits per heavy atom. The van der Waals surface area contributed by atoms with Gasteiger partial charge in [0, 0.05) is 12.3 Å². The van der Waals surface area contributed by atoms with Crippen LogP contribution in [0.25, 0.3) is 0 Å². The fourth-order valence-electron chi connectivity index (χ4n) is 1.34. The highest BCUT2D eigenvalue weighted by atomic mass is 79.9. The maximum absolute atomic E-state index is 13.5. The third-order valence-corrected chi connectivity index (χ3v) is 2.80. The van der Waals surface area contributed by atoms with E-state index in [1.54, 1.807) is 12.1 Å². The number of hydrogen-bond donors (Lipinski definition) is 1. The highest BCUT2D eigenvalue weighted by Gasteiger charge is 2.10. The van der Waals surface area contributed by atoms with Crippen molar-refractivity contribution in [2.45, 2.75) is 0 Å². The first-order valence-corrected chi connectivity index (χ1v) is 5.68. The van der Waals surface area contributed by atoms with Gasteiger partial charge in [-0.2, -0.15) is 5.26 Å². The number of halogens is 3. The van der Waals surface area contributed by atoms with Crippen LogP contribution in [0.15, 0.2) is 34.9 Å². The molecule has 3 nitrogen and oxygen atoms in total. The minimum atomic E-state index is -0.759. The summed E-state index contributed by atoms with van der Waals surface area (Å²) in [5, 5.41) is 11.5. The van der Waals surface area contributed by atoms with Crippen molar-refractivity contribution in [1.82, 2.24) is 4.98 Å². The number of nitrogens with zero attached hydrogens (tertiary/aromatic N) is 2. The number of nitrogens with one attached hydrogen (secondary N) is 1. The molecule has 18 heavy (non-hydrogen) atoms. The molecule has 0 radical (unpaired) electrons. The van der Waals surface area contributed by atoms with Gasteiger partial charge < -0.3 is 5.32 Å². The van der Waals surface area contributed by atoms with Crippen LogP contribution in [0.1, 0.15) is 5.56 Å². The number of aromatic nitrogens is 1. The second-order valence-electron chi connectivity index (χ2n) is 3.38. The van der Waals surface area contributed by atoms with Crippen molar-refractivity contribution >= 4 is 27.4 Å². The average Bonchev–Trinajstić information content (AvgIpc) is 2.36. The van der Waals surface area contributed by atoms with Crippen LogP contribution < -0.4 is 5.32 Å². The zero-order valence-corrected chi connectivity index (χ0v) is 10.5. The first-order valence-electron chi connectivity index (χ1n) is 4.88. The smallest absolute Gasteiger partial charge is 0.149 e. The van der Waals surface area contributed by atoms with Crippen LogP contribution in [0.5, 0.6) is 0 Å². The van der Waals surface area contributed by atoms with Gasteiger partial charge >= 0.3 is 0 Å². The summed E-state index contributed by atoms with van der Waals surface area (Å²) in [6, 6.07) is 7.08. The van der Waals surface area contributed by atoms with Crippen LogP contribution in [-0.4, -0.2) is 4.98 Å². The van der Waals surface area contributed by atoms with Crippen molar-refractivity contribution < 1.29 is 8.78 Å². The fourth-order valence-corrected chi connectivity index (χ4v) is 1.68. The van der Waals surface area contributed by atoms with Crippen molar-refractivity contribution in [3.63, 3.8) is 0 Å². The zero-order chi connectivity index (χ0) is 13.1. The summed E-state index contributed by atoms with van der Waals surface area (Å²) in [5.41, 5.74) is 0.316. The van der Waals surface area contributed by atoms with Crippen LogP contribution in [-0.2, 0) is 0 Å². The number of benzene rings is 1. The molecular weight excluding hydrogens is 304 g/mol. The Morgan fingerprint density at radius 2 is 2.06 bits per heavy atom. The molecule has 0 atom stereocenters. The van der Waals surface area contributed by atoms with Crippen molar-refractivity contribution in [2.24, 2.45) is 0 Å². The van der Waals surface area contributed by atoms with Gasteiger partial charge in [0.25, 0.3) is 0 Å². The molecule has 1 heterocycles. The van der Waals surface area contributed by atoms with Crippen LogP contribution in [0, 0.1) is 23.0 Å². The van der Waals surface area contributed by atoms with E-state index in [1.807, 2.05) is 6.07 Å². The third-order valence-electron chi connectivity index (χ3n) is 2.19. The highest BCUT2D eigenvalue weighted by molar-refractivity contribution is 9.10. The van der Waals surface area contributed by atoms with Gasteiger partial charge in [-0.05, 0) is 34.1 Å². The highest BCUT2D eigenvalue weighted by Crippen LogP contribution is 2.26. The summed E-state index contributed by atoms with van der Waals surface area (Å²) in [4.78, 5) is 3.93. The van der Waals surface area contributed by atoms with E-state index in [4.69, 9.17) is 5.26 Å². The maximum atomic E-state index is 13.5. The van der Waals surface area contributed by atoms with Crippen LogP contribution in [0.3, 0.4) is 0 Å². The van der Waals surface area contributed by atoms with Gasteiger partial charge in [0.05, 0.1) is 15.7 Å². The lowest BCUT2D eigenvalue weighted by atomic mass is 10.2. The summed E-state index contributed by atoms with van der Waals surface area (Å²) in [5.74, 6) is -1.23. The molecule has 0 saturated heterocycles. The van der Waals surface area contributed by atoms with E-state index in [0.717, 1.165) is 6.07 Å². The third kappa shape index (κ3) is 2.46. The molecular formula is C12H6BrF2N3. The Balaban J connectivity index is 2.41. The summed E-state index contributed by atoms with van der Waals surface area (Å²) in [6.07, 6.45) is 1.47. The number of pyridine rings is 1. The summed E-state index contributed by atoms with van der Waals surface area (Å²) in [6.45, 7) is 0. The Hall–Kier alpha value is -2.00. The topological polar surface area (TPSA) is 48.7 Å². The Morgan fingerprint density at radius 3 is 2.78 bits per heavy atom. The molecule has 0 bridgehead atoms. The Bertz CT molecular complexity index is 638. The molecule has 0 spiro atoms. The molecule has 0 saturated carbocycles. The minimum Gasteiger partial charge on any atom is -0.337 e. The number of nitriles is 1. The first kappa shape index (κ1) is 12.5. The molecule has 0 unspecified atom stereocenters. The lowest BCUT2D eigenvalue weighted by Gasteiger charge is -2.08. The van der Waals surface area contributed by atoms with Crippen molar-refractivity contribution in [3.05, 3.63) is 52.1 Å². The number of rotatable bonds is 2. The summed E-state index contributed by atoms with van der Waals surface area (Å²) >= 11 is 2.96. The molecule has 90 valence electrons. The molecule has 0 amide bonds. The summed E-state index contributed by atoms with van der Waals surface area (Å²) < 4.78 is 26.7. The van der Waals surface area contributed by atoms with Crippen molar-refractivity contribution in [1.29, 1.82) is 5.26 Å². The van der Waals surface area contributed by atoms with Gasteiger partial charge in [0.15, 0.2) is 0 Å². The van der Waals surface area contributed by atoms with Gasteiger partial charge in [-0.25, -0.2) is 13.8 Å². The van der Waals surface area contributed by atoms with E-state index < -0.39 is 11.6 Å². The number of anilines is 2. The lowest BCUT2D eigenvalue weighted by Crippen LogP contribution is -1.99. The molecule has 1 aromatic heterocycles. The van der Waals surface area contributed by atoms with Crippen molar-refractivity contribution in [3.8, 4) is 6.07 Å². The predicted molar refractivity (Wildman–Crippen MR) is 66.3 cm³/mol. The zero-order valence-electron chi connectivity index (χ0n) is 8.92. The average molecular weight is 310 g/mol. The van der Waals surface area contributed by atoms with Crippen LogP contribution in [0.4, 0.5) is 20.3 Å². The second-order valence-corrected chi connectivity index (χ2v) is 4.24. The number of hydrogen-bond acceptors (Lipinski definition) is 3. The van der Waals surface area contributed by atoms with E-state index in [0.29, 0.717) is 0 Å². The Kier molecular flexibility index (Phi) is 3.53. The quantitative estimate of drug-likeness (QED) is 0.860. The van der Waals surface area contributed by atoms with Gasteiger partial charge in [0.1, 0.15) is 23.5 Å². The first-order chi connectivity index (χ1) is 8.61. The van der Waals surface area contributed by atoms with Crippen molar-refractivity contribution in [2.75, 3.05) is 5.32 Å². The van der Waals surface area contributed by atoms with E-state index in [2.05, 4.69) is 26.2 Å². The SMILES string of the molecule is N#Cc1cccnc1Nc1cc(Br)c(F)cc1F. The van der Waals surface area contributed by atoms with E-state index in [1.165, 1.54) is 12.3 Å². The standard InChI is InChI=1S/C12H6BrF2N3/c13-8-4-11(10(15)5-9(8)14)18-12-7(6-16)2-1-3-17-12/h1-5H,(H,17,18). The molecule has 2 aromatic rings. The van der Waals surface area contributed by atoms with Gasteiger partial charge in [0.2, 0.25) is 0 Å². The molecule has 0 aliphatic rings. The lowest BCUT2D eigenvalue weighted by molar-refractivity contribution is 0.581. The minimum absolute atomic E-state index is 0.0403. The van der Waals surface area contributed by atoms with E-state index in [-0.39, 0.29) is 21.5 Å². The van der Waals surface area contributed by atoms with Gasteiger partial charge in [-0.3, -0.25) is 0 Å². The predicted octanol–water partition coefficient (Wildman–Crippen LogP) is 3.74. The molecule has 2 rings (SSSR count). The molecule has 6 heteroatoms. The molecule has 0 fully saturated rings. The maximum Gasteiger partial charge on any atom is 0.149 e. The molecule has 1 N–H and O–H groups in total. The van der Waals surface area contributed by atoms with Gasteiger partial charge in [-0.15, -0.1) is 0 Å².